The maximum atomic E-state index is 10.8. The van der Waals surface area contributed by atoms with Gasteiger partial charge in [0.2, 0.25) is 9.05 Å². The molecule has 96 valence electrons. The van der Waals surface area contributed by atoms with E-state index in [0.29, 0.717) is 10.8 Å². The van der Waals surface area contributed by atoms with Gasteiger partial charge in [-0.3, -0.25) is 0 Å². The SMILES string of the molecule is CC(COc1ccc(Br)cc1Cl)CS(=O)(=O)Cl. The first-order valence-corrected chi connectivity index (χ1v) is 8.43. The van der Waals surface area contributed by atoms with Gasteiger partial charge in [0.1, 0.15) is 5.75 Å². The van der Waals surface area contributed by atoms with Crippen LogP contribution in [0.5, 0.6) is 5.75 Å². The average Bonchev–Trinajstić information content (AvgIpc) is 2.13. The van der Waals surface area contributed by atoms with Crippen LogP contribution in [0, 0.1) is 5.92 Å². The van der Waals surface area contributed by atoms with Gasteiger partial charge in [0, 0.05) is 21.1 Å². The maximum absolute atomic E-state index is 10.8. The molecule has 0 aliphatic carbocycles. The van der Waals surface area contributed by atoms with E-state index in [1.54, 1.807) is 25.1 Å². The molecular formula is C10H11BrCl2O3S. The van der Waals surface area contributed by atoms with Crippen LogP contribution in [0.2, 0.25) is 5.02 Å². The van der Waals surface area contributed by atoms with Crippen LogP contribution in [0.3, 0.4) is 0 Å². The van der Waals surface area contributed by atoms with Crippen molar-refractivity contribution in [2.45, 2.75) is 6.92 Å². The minimum Gasteiger partial charge on any atom is -0.492 e. The van der Waals surface area contributed by atoms with Crippen molar-refractivity contribution in [2.75, 3.05) is 12.4 Å². The molecule has 1 aromatic carbocycles. The standard InChI is InChI=1S/C10H11BrCl2O3S/c1-7(6-17(13,14)15)5-16-10-3-2-8(11)4-9(10)12/h2-4,7H,5-6H2,1H3. The first kappa shape index (κ1) is 15.1. The van der Waals surface area contributed by atoms with Gasteiger partial charge < -0.3 is 4.74 Å². The Kier molecular flexibility index (Phi) is 5.57. The van der Waals surface area contributed by atoms with Crippen LogP contribution < -0.4 is 4.74 Å². The summed E-state index contributed by atoms with van der Waals surface area (Å²) in [7, 11) is 1.65. The molecule has 1 atom stereocenters. The van der Waals surface area contributed by atoms with Gasteiger partial charge in [-0.25, -0.2) is 8.42 Å². The fraction of sp³-hybridized carbons (Fsp3) is 0.400. The monoisotopic (exact) mass is 360 g/mol. The zero-order valence-electron chi connectivity index (χ0n) is 8.99. The highest BCUT2D eigenvalue weighted by Gasteiger charge is 2.14. The summed E-state index contributed by atoms with van der Waals surface area (Å²) in [5.41, 5.74) is 0. The van der Waals surface area contributed by atoms with Gasteiger partial charge in [-0.1, -0.05) is 34.5 Å². The van der Waals surface area contributed by atoms with E-state index in [4.69, 9.17) is 27.0 Å². The lowest BCUT2D eigenvalue weighted by atomic mass is 10.2. The van der Waals surface area contributed by atoms with Crippen molar-refractivity contribution in [1.82, 2.24) is 0 Å². The fourth-order valence-electron chi connectivity index (χ4n) is 1.21. The lowest BCUT2D eigenvalue weighted by molar-refractivity contribution is 0.272. The van der Waals surface area contributed by atoms with E-state index < -0.39 is 9.05 Å². The van der Waals surface area contributed by atoms with Crippen molar-refractivity contribution in [3.63, 3.8) is 0 Å². The van der Waals surface area contributed by atoms with E-state index in [2.05, 4.69) is 15.9 Å². The molecule has 0 aromatic heterocycles. The third-order valence-electron chi connectivity index (χ3n) is 1.90. The Morgan fingerprint density at radius 2 is 2.12 bits per heavy atom. The van der Waals surface area contributed by atoms with E-state index in [0.717, 1.165) is 4.47 Å². The first-order valence-electron chi connectivity index (χ1n) is 4.78. The molecule has 0 saturated carbocycles. The molecule has 17 heavy (non-hydrogen) atoms. The summed E-state index contributed by atoms with van der Waals surface area (Å²) in [5, 5.41) is 0.473. The van der Waals surface area contributed by atoms with E-state index in [9.17, 15) is 8.42 Å². The van der Waals surface area contributed by atoms with Crippen LogP contribution >= 0.6 is 38.2 Å². The second kappa shape index (κ2) is 6.27. The van der Waals surface area contributed by atoms with Crippen molar-refractivity contribution >= 4 is 47.3 Å². The quantitative estimate of drug-likeness (QED) is 0.751. The number of benzene rings is 1. The molecule has 7 heteroatoms. The van der Waals surface area contributed by atoms with Gasteiger partial charge in [0.05, 0.1) is 17.4 Å². The van der Waals surface area contributed by atoms with Gasteiger partial charge in [-0.05, 0) is 18.2 Å². The number of hydrogen-bond donors (Lipinski definition) is 0. The first-order chi connectivity index (χ1) is 7.78. The molecule has 1 unspecified atom stereocenters. The summed E-state index contributed by atoms with van der Waals surface area (Å²) >= 11 is 9.23. The lowest BCUT2D eigenvalue weighted by Crippen LogP contribution is -2.16. The predicted octanol–water partition coefficient (Wildman–Crippen LogP) is 3.69. The molecule has 0 aliphatic rings. The highest BCUT2D eigenvalue weighted by Crippen LogP contribution is 2.28. The zero-order chi connectivity index (χ0) is 13.1. The molecule has 0 bridgehead atoms. The summed E-state index contributed by atoms with van der Waals surface area (Å²) in [4.78, 5) is 0. The largest absolute Gasteiger partial charge is 0.492 e. The van der Waals surface area contributed by atoms with Gasteiger partial charge in [-0.2, -0.15) is 0 Å². The third-order valence-corrected chi connectivity index (χ3v) is 4.03. The van der Waals surface area contributed by atoms with Crippen LogP contribution in [0.15, 0.2) is 22.7 Å². The predicted molar refractivity (Wildman–Crippen MR) is 73.5 cm³/mol. The van der Waals surface area contributed by atoms with Crippen molar-refractivity contribution in [1.29, 1.82) is 0 Å². The van der Waals surface area contributed by atoms with Gasteiger partial charge in [-0.15, -0.1) is 0 Å². The topological polar surface area (TPSA) is 43.4 Å². The molecule has 0 fully saturated rings. The highest BCUT2D eigenvalue weighted by molar-refractivity contribution is 9.10. The van der Waals surface area contributed by atoms with Crippen LogP contribution in [0.25, 0.3) is 0 Å². The lowest BCUT2D eigenvalue weighted by Gasteiger charge is -2.12. The van der Waals surface area contributed by atoms with Gasteiger partial charge >= 0.3 is 0 Å². The Morgan fingerprint density at radius 1 is 1.47 bits per heavy atom. The summed E-state index contributed by atoms with van der Waals surface area (Å²) in [5.74, 6) is 0.203. The summed E-state index contributed by atoms with van der Waals surface area (Å²) in [6.45, 7) is 1.99. The Balaban J connectivity index is 2.56. The molecule has 0 N–H and O–H groups in total. The van der Waals surface area contributed by atoms with Crippen LogP contribution in [-0.4, -0.2) is 20.8 Å². The number of ether oxygens (including phenoxy) is 1. The van der Waals surface area contributed by atoms with E-state index in [1.165, 1.54) is 0 Å². The van der Waals surface area contributed by atoms with Crippen LogP contribution in [0.1, 0.15) is 6.92 Å². The summed E-state index contributed by atoms with van der Waals surface area (Å²) < 4.78 is 28.0. The molecule has 1 rings (SSSR count). The highest BCUT2D eigenvalue weighted by atomic mass is 79.9. The van der Waals surface area contributed by atoms with Crippen molar-refractivity contribution in [3.8, 4) is 5.75 Å². The van der Waals surface area contributed by atoms with Crippen LogP contribution in [-0.2, 0) is 9.05 Å². The molecule has 1 aromatic rings. The zero-order valence-corrected chi connectivity index (χ0v) is 12.9. The molecule has 0 amide bonds. The van der Waals surface area contributed by atoms with E-state index >= 15 is 0 Å². The van der Waals surface area contributed by atoms with Gasteiger partial charge in [0.15, 0.2) is 0 Å². The van der Waals surface area contributed by atoms with Crippen molar-refractivity contribution in [2.24, 2.45) is 5.92 Å². The van der Waals surface area contributed by atoms with Crippen molar-refractivity contribution in [3.05, 3.63) is 27.7 Å². The average molecular weight is 362 g/mol. The van der Waals surface area contributed by atoms with E-state index in [1.807, 2.05) is 0 Å². The molecule has 0 aliphatic heterocycles. The smallest absolute Gasteiger partial charge is 0.232 e. The normalized spacial score (nSPS) is 13.4. The van der Waals surface area contributed by atoms with Gasteiger partial charge in [0.25, 0.3) is 0 Å². The maximum Gasteiger partial charge on any atom is 0.232 e. The second-order valence-electron chi connectivity index (χ2n) is 3.70. The Morgan fingerprint density at radius 3 is 2.65 bits per heavy atom. The molecule has 0 heterocycles. The summed E-state index contributed by atoms with van der Waals surface area (Å²) in [6, 6.07) is 5.22. The molecule has 0 saturated heterocycles. The second-order valence-corrected chi connectivity index (χ2v) is 7.84. The number of rotatable bonds is 5. The molecular weight excluding hydrogens is 351 g/mol. The minimum absolute atomic E-state index is 0.122. The molecule has 0 radical (unpaired) electrons. The number of hydrogen-bond acceptors (Lipinski definition) is 3. The molecule has 0 spiro atoms. The third kappa shape index (κ3) is 5.95. The number of halogens is 3. The Bertz CT molecular complexity index is 490. The molecule has 3 nitrogen and oxygen atoms in total. The van der Waals surface area contributed by atoms with Crippen LogP contribution in [0.4, 0.5) is 0 Å². The minimum atomic E-state index is -3.49. The fourth-order valence-corrected chi connectivity index (χ4v) is 3.36. The Labute approximate surface area is 119 Å². The van der Waals surface area contributed by atoms with Crippen molar-refractivity contribution < 1.29 is 13.2 Å². The Hall–Kier alpha value is 0.0300. The summed E-state index contributed by atoms with van der Waals surface area (Å²) in [6.07, 6.45) is 0. The van der Waals surface area contributed by atoms with E-state index in [-0.39, 0.29) is 18.3 Å².